The van der Waals surface area contributed by atoms with Crippen molar-refractivity contribution in [1.82, 2.24) is 10.6 Å². The number of aliphatic hydroxyl groups excluding tert-OH is 1. The van der Waals surface area contributed by atoms with E-state index in [0.717, 1.165) is 5.56 Å². The summed E-state index contributed by atoms with van der Waals surface area (Å²) in [7, 11) is 0. The van der Waals surface area contributed by atoms with E-state index in [1.54, 1.807) is 0 Å². The van der Waals surface area contributed by atoms with Crippen LogP contribution in [-0.4, -0.2) is 42.3 Å². The Morgan fingerprint density at radius 3 is 2.52 bits per heavy atom. The lowest BCUT2D eigenvalue weighted by atomic mass is 10.00. The maximum absolute atomic E-state index is 12.0. The van der Waals surface area contributed by atoms with Gasteiger partial charge in [-0.05, 0) is 31.2 Å². The summed E-state index contributed by atoms with van der Waals surface area (Å²) in [5.74, 6) is 0.288. The van der Waals surface area contributed by atoms with Crippen LogP contribution in [-0.2, 0) is 11.2 Å². The van der Waals surface area contributed by atoms with Crippen LogP contribution < -0.4 is 16.4 Å². The number of carbonyl (C=O) groups is 1. The number of carbonyl (C=O) groups excluding carboxylic acids is 1. The van der Waals surface area contributed by atoms with Gasteiger partial charge >= 0.3 is 0 Å². The third-order valence-corrected chi connectivity index (χ3v) is 3.70. The summed E-state index contributed by atoms with van der Waals surface area (Å²) in [5, 5.41) is 16.1. The van der Waals surface area contributed by atoms with Crippen LogP contribution >= 0.6 is 0 Å². The van der Waals surface area contributed by atoms with Crippen molar-refractivity contribution in [3.05, 3.63) is 42.8 Å². The fourth-order valence-corrected chi connectivity index (χ4v) is 2.44. The van der Waals surface area contributed by atoms with Gasteiger partial charge in [-0.25, -0.2) is 0 Å². The second-order valence-electron chi connectivity index (χ2n) is 6.30. The molecule has 0 spiro atoms. The predicted octanol–water partition coefficient (Wildman–Crippen LogP) is 0.872. The molecule has 0 aliphatic rings. The maximum Gasteiger partial charge on any atom is 0.237 e. The van der Waals surface area contributed by atoms with E-state index in [1.165, 1.54) is 0 Å². The second-order valence-corrected chi connectivity index (χ2v) is 6.30. The minimum atomic E-state index is -0.711. The van der Waals surface area contributed by atoms with Crippen molar-refractivity contribution in [2.24, 2.45) is 11.7 Å². The molecule has 5 N–H and O–H groups in total. The topological polar surface area (TPSA) is 87.4 Å². The third-order valence-electron chi connectivity index (χ3n) is 3.70. The van der Waals surface area contributed by atoms with Crippen LogP contribution in [0.4, 0.5) is 0 Å². The van der Waals surface area contributed by atoms with Gasteiger partial charge in [0.05, 0.1) is 12.1 Å². The number of hydrogen-bond acceptors (Lipinski definition) is 4. The molecular weight excluding hydrogens is 290 g/mol. The van der Waals surface area contributed by atoms with Gasteiger partial charge in [-0.15, -0.1) is 0 Å². The molecule has 129 valence electrons. The molecule has 1 aromatic rings. The zero-order valence-electron chi connectivity index (χ0n) is 14.2. The number of rotatable bonds is 10. The third kappa shape index (κ3) is 7.59. The summed E-state index contributed by atoms with van der Waals surface area (Å²) in [6, 6.07) is 9.12. The van der Waals surface area contributed by atoms with Crippen LogP contribution in [0.15, 0.2) is 30.3 Å². The van der Waals surface area contributed by atoms with Gasteiger partial charge in [0, 0.05) is 19.1 Å². The van der Waals surface area contributed by atoms with Gasteiger partial charge in [-0.2, -0.15) is 0 Å². The Hall–Kier alpha value is -1.43. The molecule has 1 radical (unpaired) electrons. The highest BCUT2D eigenvalue weighted by molar-refractivity contribution is 5.81. The minimum Gasteiger partial charge on any atom is -0.390 e. The van der Waals surface area contributed by atoms with E-state index in [0.29, 0.717) is 25.3 Å². The molecule has 0 bridgehead atoms. The Balaban J connectivity index is 2.49. The second kappa shape index (κ2) is 10.4. The highest BCUT2D eigenvalue weighted by Gasteiger charge is 2.22. The van der Waals surface area contributed by atoms with Gasteiger partial charge in [0.25, 0.3) is 0 Å². The van der Waals surface area contributed by atoms with E-state index in [9.17, 15) is 9.90 Å². The van der Waals surface area contributed by atoms with E-state index in [1.807, 2.05) is 30.3 Å². The number of nitrogens with two attached hydrogens (primary N) is 1. The Kier molecular flexibility index (Phi) is 8.84. The fourth-order valence-electron chi connectivity index (χ4n) is 2.44. The lowest BCUT2D eigenvalue weighted by Gasteiger charge is -2.24. The van der Waals surface area contributed by atoms with Gasteiger partial charge in [-0.1, -0.05) is 44.2 Å². The van der Waals surface area contributed by atoms with Gasteiger partial charge < -0.3 is 21.5 Å². The van der Waals surface area contributed by atoms with Crippen molar-refractivity contribution in [3.8, 4) is 0 Å². The molecule has 0 fully saturated rings. The number of amides is 1. The van der Waals surface area contributed by atoms with Crippen molar-refractivity contribution in [3.63, 3.8) is 0 Å². The average molecular weight is 320 g/mol. The van der Waals surface area contributed by atoms with Crippen molar-refractivity contribution >= 4 is 5.91 Å². The molecule has 0 aliphatic carbocycles. The summed E-state index contributed by atoms with van der Waals surface area (Å²) in [4.78, 5) is 12.0. The van der Waals surface area contributed by atoms with Crippen LogP contribution in [0.2, 0.25) is 0 Å². The highest BCUT2D eigenvalue weighted by atomic mass is 16.3. The van der Waals surface area contributed by atoms with Crippen LogP contribution in [0.5, 0.6) is 0 Å². The fraction of sp³-hybridized carbons (Fsp3) is 0.556. The average Bonchev–Trinajstić information content (AvgIpc) is 2.51. The van der Waals surface area contributed by atoms with Gasteiger partial charge in [0.2, 0.25) is 5.91 Å². The van der Waals surface area contributed by atoms with Crippen molar-refractivity contribution in [2.45, 2.75) is 44.9 Å². The molecule has 5 heteroatoms. The molecule has 0 aromatic heterocycles. The normalized spacial score (nSPS) is 15.2. The van der Waals surface area contributed by atoms with Crippen LogP contribution in [0, 0.1) is 12.8 Å². The molecule has 0 heterocycles. The van der Waals surface area contributed by atoms with E-state index in [2.05, 4.69) is 31.4 Å². The first-order valence-corrected chi connectivity index (χ1v) is 8.22. The monoisotopic (exact) mass is 320 g/mol. The van der Waals surface area contributed by atoms with Crippen molar-refractivity contribution < 1.29 is 9.90 Å². The molecule has 1 rings (SSSR count). The first kappa shape index (κ1) is 19.6. The molecule has 0 saturated heterocycles. The number of benzene rings is 1. The zero-order valence-corrected chi connectivity index (χ0v) is 14.2. The number of aliphatic hydroxyl groups is 1. The Morgan fingerprint density at radius 1 is 1.30 bits per heavy atom. The summed E-state index contributed by atoms with van der Waals surface area (Å²) >= 11 is 0. The lowest BCUT2D eigenvalue weighted by molar-refractivity contribution is -0.123. The highest BCUT2D eigenvalue weighted by Crippen LogP contribution is 2.07. The van der Waals surface area contributed by atoms with E-state index >= 15 is 0 Å². The SMILES string of the molecule is [CH2]CNC(=O)[C@@H](CC(C)C)NC[C@@H](O)[C@@H](N)Cc1ccccc1. The predicted molar refractivity (Wildman–Crippen MR) is 93.7 cm³/mol. The van der Waals surface area contributed by atoms with E-state index in [-0.39, 0.29) is 24.5 Å². The van der Waals surface area contributed by atoms with Crippen LogP contribution in [0.3, 0.4) is 0 Å². The van der Waals surface area contributed by atoms with Gasteiger partial charge in [0.15, 0.2) is 0 Å². The summed E-state index contributed by atoms with van der Waals surface area (Å²) in [5.41, 5.74) is 7.16. The van der Waals surface area contributed by atoms with Gasteiger partial charge in [-0.3, -0.25) is 4.79 Å². The largest absolute Gasteiger partial charge is 0.390 e. The first-order valence-electron chi connectivity index (χ1n) is 8.22. The lowest BCUT2D eigenvalue weighted by Crippen LogP contribution is -2.50. The molecule has 23 heavy (non-hydrogen) atoms. The molecule has 5 nitrogen and oxygen atoms in total. The molecular formula is C18H30N3O2. The quantitative estimate of drug-likeness (QED) is 0.515. The maximum atomic E-state index is 12.0. The van der Waals surface area contributed by atoms with E-state index < -0.39 is 6.10 Å². The molecule has 1 aromatic carbocycles. The summed E-state index contributed by atoms with van der Waals surface area (Å²) < 4.78 is 0. The first-order chi connectivity index (χ1) is 10.9. The smallest absolute Gasteiger partial charge is 0.237 e. The molecule has 0 aliphatic heterocycles. The number of hydrogen-bond donors (Lipinski definition) is 4. The molecule has 0 saturated carbocycles. The Labute approximate surface area is 139 Å². The van der Waals surface area contributed by atoms with Crippen LogP contribution in [0.1, 0.15) is 25.8 Å². The van der Waals surface area contributed by atoms with Gasteiger partial charge in [0.1, 0.15) is 0 Å². The minimum absolute atomic E-state index is 0.0856. The standard InChI is InChI=1S/C18H30N3O2/c1-4-20-18(23)16(10-13(2)3)21-12-17(22)15(19)11-14-8-6-5-7-9-14/h5-9,13,15-17,21-22H,1,4,10-12,19H2,2-3H3,(H,20,23)/t15-,16+,17+/m0/s1. The van der Waals surface area contributed by atoms with E-state index in [4.69, 9.17) is 5.73 Å². The van der Waals surface area contributed by atoms with Crippen molar-refractivity contribution in [1.29, 1.82) is 0 Å². The molecule has 0 unspecified atom stereocenters. The Bertz CT molecular complexity index is 451. The summed E-state index contributed by atoms with van der Waals surface area (Å²) in [6.07, 6.45) is 0.591. The van der Waals surface area contributed by atoms with Crippen molar-refractivity contribution in [2.75, 3.05) is 13.1 Å². The Morgan fingerprint density at radius 2 is 1.96 bits per heavy atom. The van der Waals surface area contributed by atoms with Crippen LogP contribution in [0.25, 0.3) is 0 Å². The number of nitrogens with one attached hydrogen (secondary N) is 2. The molecule has 3 atom stereocenters. The zero-order chi connectivity index (χ0) is 17.2. The molecule has 1 amide bonds. The summed E-state index contributed by atoms with van der Waals surface area (Å²) in [6.45, 7) is 8.39.